The van der Waals surface area contributed by atoms with E-state index in [1.54, 1.807) is 0 Å². The van der Waals surface area contributed by atoms with Crippen LogP contribution in [0, 0.1) is 5.92 Å². The van der Waals surface area contributed by atoms with E-state index < -0.39 is 11.8 Å². The summed E-state index contributed by atoms with van der Waals surface area (Å²) in [5, 5.41) is 5.27. The van der Waals surface area contributed by atoms with Crippen LogP contribution in [0.4, 0.5) is 0 Å². The molecular formula is C13H26N2O2. The van der Waals surface area contributed by atoms with E-state index in [0.29, 0.717) is 12.5 Å². The van der Waals surface area contributed by atoms with Crippen molar-refractivity contribution >= 4 is 11.8 Å². The van der Waals surface area contributed by atoms with Crippen molar-refractivity contribution in [2.24, 2.45) is 5.92 Å². The molecule has 4 nitrogen and oxygen atoms in total. The summed E-state index contributed by atoms with van der Waals surface area (Å²) in [6.45, 7) is 8.53. The maximum Gasteiger partial charge on any atom is 0.309 e. The summed E-state index contributed by atoms with van der Waals surface area (Å²) in [6.07, 6.45) is 4.48. The monoisotopic (exact) mass is 242 g/mol. The van der Waals surface area contributed by atoms with E-state index in [0.717, 1.165) is 19.3 Å². The molecule has 2 amide bonds. The molecule has 0 bridgehead atoms. The van der Waals surface area contributed by atoms with Gasteiger partial charge in [-0.25, -0.2) is 0 Å². The Balaban J connectivity index is 3.91. The molecule has 17 heavy (non-hydrogen) atoms. The molecule has 100 valence electrons. The lowest BCUT2D eigenvalue weighted by atomic mass is 9.99. The number of nitrogens with one attached hydrogen (secondary N) is 2. The van der Waals surface area contributed by atoms with Crippen LogP contribution in [0.25, 0.3) is 0 Å². The van der Waals surface area contributed by atoms with Crippen LogP contribution in [0.3, 0.4) is 0 Å². The molecule has 0 rings (SSSR count). The molecule has 0 aliphatic rings. The van der Waals surface area contributed by atoms with Gasteiger partial charge in [-0.2, -0.15) is 0 Å². The smallest absolute Gasteiger partial charge is 0.309 e. The van der Waals surface area contributed by atoms with E-state index in [-0.39, 0.29) is 6.04 Å². The minimum atomic E-state index is -0.537. The van der Waals surface area contributed by atoms with Crippen LogP contribution >= 0.6 is 0 Å². The highest BCUT2D eigenvalue weighted by molar-refractivity contribution is 6.35. The number of hydrogen-bond donors (Lipinski definition) is 2. The molecular weight excluding hydrogens is 216 g/mol. The molecule has 1 atom stereocenters. The molecule has 0 aromatic carbocycles. The number of carbonyl (C=O) groups is 2. The van der Waals surface area contributed by atoms with Crippen LogP contribution in [0.2, 0.25) is 0 Å². The molecule has 0 aromatic heterocycles. The van der Waals surface area contributed by atoms with E-state index in [1.807, 2.05) is 13.8 Å². The van der Waals surface area contributed by atoms with Gasteiger partial charge >= 0.3 is 11.8 Å². The lowest BCUT2D eigenvalue weighted by molar-refractivity contribution is -0.139. The summed E-state index contributed by atoms with van der Waals surface area (Å²) >= 11 is 0. The predicted octanol–water partition coefficient (Wildman–Crippen LogP) is 1.84. The molecule has 0 saturated heterocycles. The fraction of sp³-hybridized carbons (Fsp3) is 0.846. The van der Waals surface area contributed by atoms with Crippen molar-refractivity contribution in [3.8, 4) is 0 Å². The highest BCUT2D eigenvalue weighted by atomic mass is 16.2. The lowest BCUT2D eigenvalue weighted by Gasteiger charge is -2.15. The van der Waals surface area contributed by atoms with Crippen LogP contribution < -0.4 is 10.6 Å². The van der Waals surface area contributed by atoms with Gasteiger partial charge in [0, 0.05) is 12.6 Å². The molecule has 0 aromatic rings. The van der Waals surface area contributed by atoms with Gasteiger partial charge in [-0.1, -0.05) is 33.1 Å². The molecule has 0 aliphatic heterocycles. The highest BCUT2D eigenvalue weighted by Gasteiger charge is 2.15. The van der Waals surface area contributed by atoms with Crippen molar-refractivity contribution in [1.82, 2.24) is 10.6 Å². The molecule has 0 fully saturated rings. The van der Waals surface area contributed by atoms with E-state index in [4.69, 9.17) is 0 Å². The van der Waals surface area contributed by atoms with Crippen LogP contribution in [-0.2, 0) is 9.59 Å². The first-order valence-electron chi connectivity index (χ1n) is 6.59. The average molecular weight is 242 g/mol. The molecule has 0 spiro atoms. The molecule has 0 saturated carbocycles. The van der Waals surface area contributed by atoms with Crippen molar-refractivity contribution in [2.75, 3.05) is 6.54 Å². The van der Waals surface area contributed by atoms with Gasteiger partial charge in [0.05, 0.1) is 0 Å². The molecule has 0 heterocycles. The Morgan fingerprint density at radius 3 is 2.24 bits per heavy atom. The number of hydrogen-bond acceptors (Lipinski definition) is 2. The number of carbonyl (C=O) groups excluding carboxylic acids is 2. The Labute approximate surface area is 105 Å². The quantitative estimate of drug-likeness (QED) is 0.669. The summed E-state index contributed by atoms with van der Waals surface area (Å²) in [5.41, 5.74) is 0. The van der Waals surface area contributed by atoms with Crippen LogP contribution in [0.15, 0.2) is 0 Å². The fourth-order valence-corrected chi connectivity index (χ4v) is 1.59. The maximum absolute atomic E-state index is 11.4. The predicted molar refractivity (Wildman–Crippen MR) is 69.6 cm³/mol. The molecule has 4 heteroatoms. The highest BCUT2D eigenvalue weighted by Crippen LogP contribution is 2.10. The summed E-state index contributed by atoms with van der Waals surface area (Å²) < 4.78 is 0. The summed E-state index contributed by atoms with van der Waals surface area (Å²) in [5.74, 6) is -0.579. The minimum absolute atomic E-state index is 0.00434. The van der Waals surface area contributed by atoms with E-state index in [2.05, 4.69) is 24.5 Å². The Morgan fingerprint density at radius 1 is 1.12 bits per heavy atom. The molecule has 1 unspecified atom stereocenters. The number of unbranched alkanes of at least 4 members (excludes halogenated alkanes) is 1. The van der Waals surface area contributed by atoms with E-state index in [9.17, 15) is 9.59 Å². The zero-order chi connectivity index (χ0) is 13.3. The standard InChI is InChI=1S/C13H26N2O2/c1-5-7-8-11(6-2)9-14-12(16)13(17)15-10(3)4/h10-11H,5-9H2,1-4H3,(H,14,16)(H,15,17). The van der Waals surface area contributed by atoms with Crippen LogP contribution in [0.1, 0.15) is 53.4 Å². The van der Waals surface area contributed by atoms with E-state index in [1.165, 1.54) is 6.42 Å². The Hall–Kier alpha value is -1.06. The second-order valence-corrected chi connectivity index (χ2v) is 4.75. The van der Waals surface area contributed by atoms with Crippen molar-refractivity contribution in [3.05, 3.63) is 0 Å². The van der Waals surface area contributed by atoms with Gasteiger partial charge in [-0.15, -0.1) is 0 Å². The third-order valence-corrected chi connectivity index (χ3v) is 2.72. The average Bonchev–Trinajstić information content (AvgIpc) is 2.28. The van der Waals surface area contributed by atoms with E-state index >= 15 is 0 Å². The SMILES string of the molecule is CCCCC(CC)CNC(=O)C(=O)NC(C)C. The van der Waals surface area contributed by atoms with Crippen LogP contribution in [0.5, 0.6) is 0 Å². The van der Waals surface area contributed by atoms with Gasteiger partial charge in [-0.3, -0.25) is 9.59 Å². The van der Waals surface area contributed by atoms with Gasteiger partial charge in [0.25, 0.3) is 0 Å². The minimum Gasteiger partial charge on any atom is -0.348 e. The van der Waals surface area contributed by atoms with Crippen molar-refractivity contribution in [1.29, 1.82) is 0 Å². The first-order valence-corrected chi connectivity index (χ1v) is 6.59. The molecule has 0 aliphatic carbocycles. The topological polar surface area (TPSA) is 58.2 Å². The third-order valence-electron chi connectivity index (χ3n) is 2.72. The maximum atomic E-state index is 11.4. The summed E-state index contributed by atoms with van der Waals surface area (Å²) in [4.78, 5) is 22.8. The van der Waals surface area contributed by atoms with Crippen molar-refractivity contribution in [3.63, 3.8) is 0 Å². The molecule has 0 radical (unpaired) electrons. The van der Waals surface area contributed by atoms with Crippen molar-refractivity contribution in [2.45, 2.75) is 59.4 Å². The fourth-order valence-electron chi connectivity index (χ4n) is 1.59. The van der Waals surface area contributed by atoms with Gasteiger partial charge in [0.2, 0.25) is 0 Å². The normalized spacial score (nSPS) is 12.3. The summed E-state index contributed by atoms with van der Waals surface area (Å²) in [6, 6.07) is -0.00434. The number of amides is 2. The largest absolute Gasteiger partial charge is 0.348 e. The Kier molecular flexibility index (Phi) is 8.46. The number of rotatable bonds is 7. The van der Waals surface area contributed by atoms with Gasteiger partial charge in [-0.05, 0) is 26.2 Å². The van der Waals surface area contributed by atoms with Gasteiger partial charge in [0.1, 0.15) is 0 Å². The third kappa shape index (κ3) is 7.77. The van der Waals surface area contributed by atoms with Crippen molar-refractivity contribution < 1.29 is 9.59 Å². The first-order chi connectivity index (χ1) is 8.01. The zero-order valence-corrected chi connectivity index (χ0v) is 11.5. The van der Waals surface area contributed by atoms with Gasteiger partial charge < -0.3 is 10.6 Å². The molecule has 2 N–H and O–H groups in total. The van der Waals surface area contributed by atoms with Gasteiger partial charge in [0.15, 0.2) is 0 Å². The Morgan fingerprint density at radius 2 is 1.76 bits per heavy atom. The first kappa shape index (κ1) is 15.9. The zero-order valence-electron chi connectivity index (χ0n) is 11.5. The van der Waals surface area contributed by atoms with Crippen LogP contribution in [-0.4, -0.2) is 24.4 Å². The Bertz CT molecular complexity index is 240. The second-order valence-electron chi connectivity index (χ2n) is 4.75. The lowest BCUT2D eigenvalue weighted by Crippen LogP contribution is -2.44. The summed E-state index contributed by atoms with van der Waals surface area (Å²) in [7, 11) is 0. The second kappa shape index (κ2) is 9.02.